The van der Waals surface area contributed by atoms with Crippen molar-refractivity contribution in [2.24, 2.45) is 5.73 Å². The number of carbonyl (C=O) groups is 1. The van der Waals surface area contributed by atoms with Gasteiger partial charge in [-0.15, -0.1) is 0 Å². The molecular formula is C14H22N2O2. The van der Waals surface area contributed by atoms with Gasteiger partial charge in [0.1, 0.15) is 6.10 Å². The van der Waals surface area contributed by atoms with Crippen LogP contribution in [0, 0.1) is 0 Å². The van der Waals surface area contributed by atoms with E-state index in [4.69, 9.17) is 5.73 Å². The Bertz CT molecular complexity index is 387. The van der Waals surface area contributed by atoms with Crippen LogP contribution in [0.25, 0.3) is 0 Å². The van der Waals surface area contributed by atoms with Crippen LogP contribution in [0.4, 0.5) is 0 Å². The number of aliphatic hydroxyl groups excluding tert-OH is 1. The maximum atomic E-state index is 11.6. The van der Waals surface area contributed by atoms with Gasteiger partial charge >= 0.3 is 0 Å². The molecule has 0 saturated heterocycles. The molecule has 0 spiro atoms. The zero-order chi connectivity index (χ0) is 13.7. The van der Waals surface area contributed by atoms with E-state index in [9.17, 15) is 9.90 Å². The van der Waals surface area contributed by atoms with Crippen LogP contribution < -0.4 is 5.73 Å². The van der Waals surface area contributed by atoms with Gasteiger partial charge in [-0.1, -0.05) is 38.1 Å². The minimum atomic E-state index is -1.11. The van der Waals surface area contributed by atoms with Crippen molar-refractivity contribution in [1.29, 1.82) is 0 Å². The molecule has 0 aromatic heterocycles. The average Bonchev–Trinajstić information content (AvgIpc) is 2.37. The molecule has 0 bridgehead atoms. The molecule has 1 aromatic rings. The smallest absolute Gasteiger partial charge is 0.252 e. The normalized spacial score (nSPS) is 12.6. The molecule has 3 N–H and O–H groups in total. The Labute approximate surface area is 108 Å². The van der Waals surface area contributed by atoms with E-state index in [2.05, 4.69) is 26.0 Å². The maximum Gasteiger partial charge on any atom is 0.252 e. The number of amides is 1. The third kappa shape index (κ3) is 3.82. The lowest BCUT2D eigenvalue weighted by molar-refractivity contribution is -0.138. The van der Waals surface area contributed by atoms with Crippen molar-refractivity contribution in [1.82, 2.24) is 4.90 Å². The minimum absolute atomic E-state index is 0.0462. The first-order valence-corrected chi connectivity index (χ1v) is 6.17. The van der Waals surface area contributed by atoms with Gasteiger partial charge in [-0.25, -0.2) is 0 Å². The standard InChI is InChI=1S/C14H22N2O2/c1-10(2)12-6-4-11(5-7-12)9-16(3)14(18)13(17)8-15/h4-7,10,13,17H,8-9,15H2,1-3H3. The predicted octanol–water partition coefficient (Wildman–Crippen LogP) is 1.09. The number of aliphatic hydroxyl groups is 1. The summed E-state index contributed by atoms with van der Waals surface area (Å²) in [7, 11) is 1.66. The lowest BCUT2D eigenvalue weighted by Gasteiger charge is -2.20. The monoisotopic (exact) mass is 250 g/mol. The summed E-state index contributed by atoms with van der Waals surface area (Å²) in [6.07, 6.45) is -1.11. The SMILES string of the molecule is CC(C)c1ccc(CN(C)C(=O)C(O)CN)cc1. The van der Waals surface area contributed by atoms with Crippen LogP contribution in [-0.4, -0.2) is 35.6 Å². The summed E-state index contributed by atoms with van der Waals surface area (Å²) in [5, 5.41) is 9.38. The van der Waals surface area contributed by atoms with Crippen LogP contribution >= 0.6 is 0 Å². The van der Waals surface area contributed by atoms with E-state index in [0.717, 1.165) is 5.56 Å². The Hall–Kier alpha value is -1.39. The number of benzene rings is 1. The summed E-state index contributed by atoms with van der Waals surface area (Å²) < 4.78 is 0. The fourth-order valence-corrected chi connectivity index (χ4v) is 1.71. The molecular weight excluding hydrogens is 228 g/mol. The van der Waals surface area contributed by atoms with Crippen molar-refractivity contribution in [2.45, 2.75) is 32.4 Å². The van der Waals surface area contributed by atoms with Gasteiger partial charge in [0.2, 0.25) is 0 Å². The molecule has 1 rings (SSSR count). The molecule has 0 aliphatic rings. The molecule has 0 radical (unpaired) electrons. The topological polar surface area (TPSA) is 66.6 Å². The quantitative estimate of drug-likeness (QED) is 0.822. The van der Waals surface area contributed by atoms with E-state index in [-0.39, 0.29) is 12.5 Å². The summed E-state index contributed by atoms with van der Waals surface area (Å²) in [6, 6.07) is 8.15. The van der Waals surface area contributed by atoms with Crippen LogP contribution in [-0.2, 0) is 11.3 Å². The maximum absolute atomic E-state index is 11.6. The van der Waals surface area contributed by atoms with Crippen LogP contribution in [0.1, 0.15) is 30.9 Å². The Kier molecular flexibility index (Phi) is 5.31. The molecule has 0 aliphatic carbocycles. The van der Waals surface area contributed by atoms with E-state index >= 15 is 0 Å². The highest BCUT2D eigenvalue weighted by molar-refractivity contribution is 5.80. The molecule has 18 heavy (non-hydrogen) atoms. The number of carbonyl (C=O) groups excluding carboxylic acids is 1. The van der Waals surface area contributed by atoms with Gasteiger partial charge in [-0.3, -0.25) is 4.79 Å². The third-order valence-electron chi connectivity index (χ3n) is 2.95. The lowest BCUT2D eigenvalue weighted by Crippen LogP contribution is -2.40. The molecule has 0 aliphatic heterocycles. The fourth-order valence-electron chi connectivity index (χ4n) is 1.71. The highest BCUT2D eigenvalue weighted by Crippen LogP contribution is 2.15. The molecule has 0 fully saturated rings. The first kappa shape index (κ1) is 14.7. The number of nitrogens with two attached hydrogens (primary N) is 1. The summed E-state index contributed by atoms with van der Waals surface area (Å²) in [6.45, 7) is 4.72. The van der Waals surface area contributed by atoms with Crippen LogP contribution in [0.5, 0.6) is 0 Å². The van der Waals surface area contributed by atoms with Gasteiger partial charge in [-0.05, 0) is 17.0 Å². The van der Waals surface area contributed by atoms with E-state index in [1.54, 1.807) is 7.05 Å². The van der Waals surface area contributed by atoms with Crippen molar-refractivity contribution >= 4 is 5.91 Å². The first-order valence-electron chi connectivity index (χ1n) is 6.17. The second-order valence-corrected chi connectivity index (χ2v) is 4.84. The van der Waals surface area contributed by atoms with Gasteiger partial charge in [-0.2, -0.15) is 0 Å². The molecule has 1 unspecified atom stereocenters. The summed E-state index contributed by atoms with van der Waals surface area (Å²) >= 11 is 0. The molecule has 100 valence electrons. The first-order chi connectivity index (χ1) is 8.45. The average molecular weight is 250 g/mol. The van der Waals surface area contributed by atoms with Gasteiger partial charge < -0.3 is 15.7 Å². The van der Waals surface area contributed by atoms with E-state index in [1.807, 2.05) is 12.1 Å². The number of nitrogens with zero attached hydrogens (tertiary/aromatic N) is 1. The van der Waals surface area contributed by atoms with Gasteiger partial charge in [0.15, 0.2) is 0 Å². The number of hydrogen-bond donors (Lipinski definition) is 2. The third-order valence-corrected chi connectivity index (χ3v) is 2.95. The predicted molar refractivity (Wildman–Crippen MR) is 72.1 cm³/mol. The number of hydrogen-bond acceptors (Lipinski definition) is 3. The molecule has 4 heteroatoms. The molecule has 0 saturated carbocycles. The molecule has 4 nitrogen and oxygen atoms in total. The van der Waals surface area contributed by atoms with Gasteiger partial charge in [0.25, 0.3) is 5.91 Å². The van der Waals surface area contributed by atoms with Gasteiger partial charge in [0.05, 0.1) is 0 Å². The molecule has 1 amide bonds. The number of likely N-dealkylation sites (N-methyl/N-ethyl adjacent to an activating group) is 1. The van der Waals surface area contributed by atoms with E-state index < -0.39 is 6.10 Å². The Morgan fingerprint density at radius 3 is 2.33 bits per heavy atom. The summed E-state index contributed by atoms with van der Waals surface area (Å²) in [5.74, 6) is 0.155. The Morgan fingerprint density at radius 1 is 1.33 bits per heavy atom. The number of rotatable bonds is 5. The van der Waals surface area contributed by atoms with Crippen molar-refractivity contribution in [2.75, 3.05) is 13.6 Å². The van der Waals surface area contributed by atoms with Crippen LogP contribution in [0.15, 0.2) is 24.3 Å². The molecule has 1 aromatic carbocycles. The Morgan fingerprint density at radius 2 is 1.89 bits per heavy atom. The van der Waals surface area contributed by atoms with Crippen molar-refractivity contribution in [3.8, 4) is 0 Å². The lowest BCUT2D eigenvalue weighted by atomic mass is 10.0. The van der Waals surface area contributed by atoms with Crippen LogP contribution in [0.2, 0.25) is 0 Å². The van der Waals surface area contributed by atoms with Crippen molar-refractivity contribution in [3.05, 3.63) is 35.4 Å². The second-order valence-electron chi connectivity index (χ2n) is 4.84. The van der Waals surface area contributed by atoms with E-state index in [0.29, 0.717) is 12.5 Å². The zero-order valence-electron chi connectivity index (χ0n) is 11.3. The minimum Gasteiger partial charge on any atom is -0.382 e. The molecule has 1 atom stereocenters. The largest absolute Gasteiger partial charge is 0.382 e. The van der Waals surface area contributed by atoms with Crippen molar-refractivity contribution < 1.29 is 9.90 Å². The van der Waals surface area contributed by atoms with Gasteiger partial charge in [0, 0.05) is 20.1 Å². The summed E-state index contributed by atoms with van der Waals surface area (Å²) in [5.41, 5.74) is 7.57. The fraction of sp³-hybridized carbons (Fsp3) is 0.500. The highest BCUT2D eigenvalue weighted by atomic mass is 16.3. The second kappa shape index (κ2) is 6.52. The van der Waals surface area contributed by atoms with E-state index in [1.165, 1.54) is 10.5 Å². The van der Waals surface area contributed by atoms with Crippen molar-refractivity contribution in [3.63, 3.8) is 0 Å². The zero-order valence-corrected chi connectivity index (χ0v) is 11.3. The summed E-state index contributed by atoms with van der Waals surface area (Å²) in [4.78, 5) is 13.1. The van der Waals surface area contributed by atoms with Crippen LogP contribution in [0.3, 0.4) is 0 Å². The highest BCUT2D eigenvalue weighted by Gasteiger charge is 2.17. The molecule has 0 heterocycles. The Balaban J connectivity index is 2.64.